The number of hydrogen-bond acceptors (Lipinski definition) is 5. The standard InChI is InChI=1S/C22H24O5.C2H6/c1-14-4-8-17(9-5-14)21(23)25-13-20-19(12-16(3)26-20)27-22(24)18-10-6-15(2)7-11-18;1-2/h4-11,16,19-20H,12-13H2,1-3H3;1-2H3/t16?,19-,20?;/m0./s1. The van der Waals surface area contributed by atoms with Crippen molar-refractivity contribution in [3.63, 3.8) is 0 Å². The Kier molecular flexibility index (Phi) is 8.40. The molecule has 29 heavy (non-hydrogen) atoms. The van der Waals surface area contributed by atoms with Gasteiger partial charge in [-0.3, -0.25) is 0 Å². The largest absolute Gasteiger partial charge is 0.459 e. The Hall–Kier alpha value is -2.66. The molecule has 0 aromatic heterocycles. The van der Waals surface area contributed by atoms with Gasteiger partial charge in [0.25, 0.3) is 0 Å². The minimum absolute atomic E-state index is 0.0445. The van der Waals surface area contributed by atoms with Crippen LogP contribution in [0.1, 0.15) is 59.0 Å². The van der Waals surface area contributed by atoms with Gasteiger partial charge in [-0.2, -0.15) is 0 Å². The molecule has 0 spiro atoms. The summed E-state index contributed by atoms with van der Waals surface area (Å²) in [6.45, 7) is 9.87. The van der Waals surface area contributed by atoms with E-state index in [1.165, 1.54) is 0 Å². The number of aryl methyl sites for hydroxylation is 2. The molecule has 1 heterocycles. The van der Waals surface area contributed by atoms with Crippen LogP contribution in [0.25, 0.3) is 0 Å². The molecule has 156 valence electrons. The average Bonchev–Trinajstić information content (AvgIpc) is 3.07. The van der Waals surface area contributed by atoms with Crippen LogP contribution >= 0.6 is 0 Å². The average molecular weight is 398 g/mol. The Morgan fingerprint density at radius 1 is 0.897 bits per heavy atom. The first-order chi connectivity index (χ1) is 13.9. The number of ether oxygens (including phenoxy) is 3. The highest BCUT2D eigenvalue weighted by atomic mass is 16.6. The van der Waals surface area contributed by atoms with Crippen LogP contribution in [0.4, 0.5) is 0 Å². The molecule has 3 atom stereocenters. The molecule has 5 nitrogen and oxygen atoms in total. The Balaban J connectivity index is 0.00000145. The molecule has 1 aliphatic rings. The van der Waals surface area contributed by atoms with Crippen LogP contribution in [0.3, 0.4) is 0 Å². The van der Waals surface area contributed by atoms with Crippen LogP contribution in [0.5, 0.6) is 0 Å². The lowest BCUT2D eigenvalue weighted by atomic mass is 10.1. The maximum absolute atomic E-state index is 12.4. The van der Waals surface area contributed by atoms with Gasteiger partial charge in [0.2, 0.25) is 0 Å². The summed E-state index contributed by atoms with van der Waals surface area (Å²) in [4.78, 5) is 24.6. The van der Waals surface area contributed by atoms with E-state index in [-0.39, 0.29) is 12.7 Å². The molecular weight excluding hydrogens is 368 g/mol. The number of hydrogen-bond donors (Lipinski definition) is 0. The lowest BCUT2D eigenvalue weighted by Gasteiger charge is -2.19. The molecule has 1 aliphatic heterocycles. The molecule has 0 amide bonds. The fourth-order valence-corrected chi connectivity index (χ4v) is 3.02. The van der Waals surface area contributed by atoms with Crippen LogP contribution in [0.2, 0.25) is 0 Å². The third kappa shape index (κ3) is 6.43. The first kappa shape index (κ1) is 22.6. The molecule has 0 N–H and O–H groups in total. The maximum atomic E-state index is 12.4. The zero-order valence-electron chi connectivity index (χ0n) is 17.8. The predicted octanol–water partition coefficient (Wildman–Crippen LogP) is 4.89. The summed E-state index contributed by atoms with van der Waals surface area (Å²) < 4.78 is 16.8. The molecule has 5 heteroatoms. The summed E-state index contributed by atoms with van der Waals surface area (Å²) in [6.07, 6.45) is -0.406. The van der Waals surface area contributed by atoms with Gasteiger partial charge in [-0.1, -0.05) is 49.2 Å². The van der Waals surface area contributed by atoms with Gasteiger partial charge in [0.1, 0.15) is 18.8 Å². The van der Waals surface area contributed by atoms with Gasteiger partial charge in [-0.15, -0.1) is 0 Å². The van der Waals surface area contributed by atoms with Gasteiger partial charge >= 0.3 is 11.9 Å². The van der Waals surface area contributed by atoms with Gasteiger partial charge in [0.05, 0.1) is 17.2 Å². The van der Waals surface area contributed by atoms with E-state index in [0.29, 0.717) is 17.5 Å². The van der Waals surface area contributed by atoms with E-state index in [9.17, 15) is 9.59 Å². The van der Waals surface area contributed by atoms with E-state index in [0.717, 1.165) is 11.1 Å². The highest BCUT2D eigenvalue weighted by Gasteiger charge is 2.37. The van der Waals surface area contributed by atoms with Crippen molar-refractivity contribution in [2.75, 3.05) is 6.61 Å². The summed E-state index contributed by atoms with van der Waals surface area (Å²) in [5.41, 5.74) is 3.13. The summed E-state index contributed by atoms with van der Waals surface area (Å²) in [6, 6.07) is 14.4. The van der Waals surface area contributed by atoms with Crippen LogP contribution in [0.15, 0.2) is 48.5 Å². The topological polar surface area (TPSA) is 61.8 Å². The zero-order valence-corrected chi connectivity index (χ0v) is 17.8. The van der Waals surface area contributed by atoms with Gasteiger partial charge < -0.3 is 14.2 Å². The second-order valence-electron chi connectivity index (χ2n) is 7.00. The second kappa shape index (κ2) is 10.8. The quantitative estimate of drug-likeness (QED) is 0.671. The van der Waals surface area contributed by atoms with Gasteiger partial charge in [0.15, 0.2) is 0 Å². The summed E-state index contributed by atoms with van der Waals surface area (Å²) >= 11 is 0. The van der Waals surface area contributed by atoms with E-state index in [1.807, 2.05) is 58.9 Å². The first-order valence-electron chi connectivity index (χ1n) is 10.1. The Labute approximate surface area is 173 Å². The van der Waals surface area contributed by atoms with E-state index in [1.54, 1.807) is 24.3 Å². The molecule has 2 unspecified atom stereocenters. The molecule has 2 aromatic rings. The molecule has 0 aliphatic carbocycles. The monoisotopic (exact) mass is 398 g/mol. The summed E-state index contributed by atoms with van der Waals surface area (Å²) in [5, 5.41) is 0. The maximum Gasteiger partial charge on any atom is 0.338 e. The SMILES string of the molecule is CC.Cc1ccc(C(=O)OCC2OC(C)C[C@@H]2OC(=O)c2ccc(C)cc2)cc1. The normalized spacial score (nSPS) is 20.4. The third-order valence-electron chi connectivity index (χ3n) is 4.60. The Bertz CT molecular complexity index is 795. The molecule has 3 rings (SSSR count). The Morgan fingerprint density at radius 3 is 1.90 bits per heavy atom. The van der Waals surface area contributed by atoms with Crippen molar-refractivity contribution < 1.29 is 23.8 Å². The molecule has 0 radical (unpaired) electrons. The first-order valence-corrected chi connectivity index (χ1v) is 10.1. The summed E-state index contributed by atoms with van der Waals surface area (Å²) in [7, 11) is 0. The molecule has 2 aromatic carbocycles. The minimum atomic E-state index is -0.469. The van der Waals surface area contributed by atoms with Crippen molar-refractivity contribution in [2.24, 2.45) is 0 Å². The zero-order chi connectivity index (χ0) is 21.4. The van der Waals surface area contributed by atoms with Gasteiger partial charge in [-0.25, -0.2) is 9.59 Å². The summed E-state index contributed by atoms with van der Waals surface area (Å²) in [5.74, 6) is -0.811. The minimum Gasteiger partial charge on any atom is -0.459 e. The van der Waals surface area contributed by atoms with Gasteiger partial charge in [0, 0.05) is 6.42 Å². The van der Waals surface area contributed by atoms with Crippen LogP contribution in [-0.4, -0.2) is 36.9 Å². The number of benzene rings is 2. The fraction of sp³-hybridized carbons (Fsp3) is 0.417. The van der Waals surface area contributed by atoms with Crippen molar-refractivity contribution in [1.29, 1.82) is 0 Å². The number of rotatable bonds is 5. The number of carbonyl (C=O) groups is 2. The van der Waals surface area contributed by atoms with E-state index in [4.69, 9.17) is 14.2 Å². The fourth-order valence-electron chi connectivity index (χ4n) is 3.02. The molecule has 0 saturated carbocycles. The third-order valence-corrected chi connectivity index (χ3v) is 4.60. The second-order valence-corrected chi connectivity index (χ2v) is 7.00. The number of esters is 2. The molecular formula is C24H30O5. The molecule has 0 bridgehead atoms. The van der Waals surface area contributed by atoms with Gasteiger partial charge in [-0.05, 0) is 45.0 Å². The van der Waals surface area contributed by atoms with Crippen molar-refractivity contribution >= 4 is 11.9 Å². The smallest absolute Gasteiger partial charge is 0.338 e. The van der Waals surface area contributed by atoms with E-state index >= 15 is 0 Å². The molecule has 1 saturated heterocycles. The van der Waals surface area contributed by atoms with Crippen molar-refractivity contribution in [2.45, 2.75) is 59.4 Å². The number of carbonyl (C=O) groups excluding carboxylic acids is 2. The van der Waals surface area contributed by atoms with Crippen molar-refractivity contribution in [3.8, 4) is 0 Å². The van der Waals surface area contributed by atoms with Crippen LogP contribution < -0.4 is 0 Å². The highest BCUT2D eigenvalue weighted by molar-refractivity contribution is 5.90. The van der Waals surface area contributed by atoms with E-state index in [2.05, 4.69) is 0 Å². The van der Waals surface area contributed by atoms with Crippen molar-refractivity contribution in [3.05, 3.63) is 70.8 Å². The Morgan fingerprint density at radius 2 is 1.38 bits per heavy atom. The highest BCUT2D eigenvalue weighted by Crippen LogP contribution is 2.25. The van der Waals surface area contributed by atoms with Crippen molar-refractivity contribution in [1.82, 2.24) is 0 Å². The molecule has 1 fully saturated rings. The lowest BCUT2D eigenvalue weighted by Crippen LogP contribution is -2.32. The van der Waals surface area contributed by atoms with E-state index < -0.39 is 24.1 Å². The van der Waals surface area contributed by atoms with Crippen LogP contribution in [-0.2, 0) is 14.2 Å². The lowest BCUT2D eigenvalue weighted by molar-refractivity contribution is -0.0394. The predicted molar refractivity (Wildman–Crippen MR) is 112 cm³/mol. The van der Waals surface area contributed by atoms with Crippen LogP contribution in [0, 0.1) is 13.8 Å².